The van der Waals surface area contributed by atoms with Gasteiger partial charge in [-0.25, -0.2) is 0 Å². The summed E-state index contributed by atoms with van der Waals surface area (Å²) in [5.74, 6) is 1.05. The van der Waals surface area contributed by atoms with Gasteiger partial charge in [0.15, 0.2) is 11.5 Å². The standard InChI is InChI=1S/C17H25NO4/c1-3-22-16-10-14(4-5-15(16)19)12-18-8-6-13(7-9-18)11-17(20)21-2/h4-5,10,13,19H,3,6-9,11-12H2,1-2H3. The Morgan fingerprint density at radius 3 is 2.73 bits per heavy atom. The van der Waals surface area contributed by atoms with Crippen molar-refractivity contribution in [3.05, 3.63) is 23.8 Å². The number of hydrogen-bond acceptors (Lipinski definition) is 5. The van der Waals surface area contributed by atoms with E-state index in [1.165, 1.54) is 7.11 Å². The monoisotopic (exact) mass is 307 g/mol. The van der Waals surface area contributed by atoms with E-state index in [1.54, 1.807) is 6.07 Å². The third-order valence-electron chi connectivity index (χ3n) is 4.12. The van der Waals surface area contributed by atoms with Gasteiger partial charge in [0, 0.05) is 13.0 Å². The third kappa shape index (κ3) is 4.63. The van der Waals surface area contributed by atoms with Gasteiger partial charge in [-0.2, -0.15) is 0 Å². The lowest BCUT2D eigenvalue weighted by Crippen LogP contribution is -2.34. The summed E-state index contributed by atoms with van der Waals surface area (Å²) in [6.45, 7) is 5.23. The van der Waals surface area contributed by atoms with E-state index in [1.807, 2.05) is 19.1 Å². The molecule has 0 unspecified atom stereocenters. The summed E-state index contributed by atoms with van der Waals surface area (Å²) >= 11 is 0. The lowest BCUT2D eigenvalue weighted by molar-refractivity contribution is -0.142. The zero-order valence-electron chi connectivity index (χ0n) is 13.4. The van der Waals surface area contributed by atoms with Gasteiger partial charge in [0.1, 0.15) is 0 Å². The largest absolute Gasteiger partial charge is 0.504 e. The van der Waals surface area contributed by atoms with Crippen LogP contribution in [0.4, 0.5) is 0 Å². The molecule has 22 heavy (non-hydrogen) atoms. The molecule has 5 nitrogen and oxygen atoms in total. The zero-order chi connectivity index (χ0) is 15.9. The minimum atomic E-state index is -0.113. The van der Waals surface area contributed by atoms with Crippen LogP contribution in [0, 0.1) is 5.92 Å². The molecule has 5 heteroatoms. The predicted octanol–water partition coefficient (Wildman–Crippen LogP) is 2.57. The van der Waals surface area contributed by atoms with Crippen LogP contribution in [0.25, 0.3) is 0 Å². The molecule has 0 aliphatic carbocycles. The van der Waals surface area contributed by atoms with Crippen molar-refractivity contribution in [2.75, 3.05) is 26.8 Å². The Morgan fingerprint density at radius 1 is 1.36 bits per heavy atom. The number of methoxy groups -OCH3 is 1. The van der Waals surface area contributed by atoms with Crippen molar-refractivity contribution in [3.8, 4) is 11.5 Å². The summed E-state index contributed by atoms with van der Waals surface area (Å²) in [5, 5.41) is 9.73. The summed E-state index contributed by atoms with van der Waals surface area (Å²) in [7, 11) is 1.44. The van der Waals surface area contributed by atoms with Gasteiger partial charge in [0.05, 0.1) is 13.7 Å². The molecule has 1 aliphatic heterocycles. The van der Waals surface area contributed by atoms with Crippen LogP contribution in [0.15, 0.2) is 18.2 Å². The second-order valence-corrected chi connectivity index (χ2v) is 5.73. The van der Waals surface area contributed by atoms with Crippen LogP contribution < -0.4 is 4.74 Å². The molecule has 1 aliphatic rings. The molecule has 0 aromatic heterocycles. The molecule has 1 aromatic rings. The van der Waals surface area contributed by atoms with E-state index in [0.717, 1.165) is 38.0 Å². The molecule has 1 aromatic carbocycles. The highest BCUT2D eigenvalue weighted by Gasteiger charge is 2.22. The number of likely N-dealkylation sites (tertiary alicyclic amines) is 1. The Balaban J connectivity index is 1.85. The number of esters is 1. The smallest absolute Gasteiger partial charge is 0.305 e. The van der Waals surface area contributed by atoms with E-state index in [4.69, 9.17) is 9.47 Å². The fourth-order valence-electron chi connectivity index (χ4n) is 2.85. The topological polar surface area (TPSA) is 59.0 Å². The molecule has 2 rings (SSSR count). The number of phenols is 1. The van der Waals surface area contributed by atoms with E-state index >= 15 is 0 Å². The molecule has 1 saturated heterocycles. The molecule has 1 fully saturated rings. The summed E-state index contributed by atoms with van der Waals surface area (Å²) < 4.78 is 10.2. The van der Waals surface area contributed by atoms with Crippen LogP contribution in [0.5, 0.6) is 11.5 Å². The highest BCUT2D eigenvalue weighted by molar-refractivity contribution is 5.69. The van der Waals surface area contributed by atoms with Crippen LogP contribution in [-0.2, 0) is 16.1 Å². The first-order valence-corrected chi connectivity index (χ1v) is 7.86. The van der Waals surface area contributed by atoms with Crippen LogP contribution >= 0.6 is 0 Å². The van der Waals surface area contributed by atoms with Crippen molar-refractivity contribution in [1.29, 1.82) is 0 Å². The summed E-state index contributed by atoms with van der Waals surface area (Å²) in [6, 6.07) is 5.52. The second kappa shape index (κ2) is 8.03. The number of phenolic OH excluding ortho intramolecular Hbond substituents is 1. The third-order valence-corrected chi connectivity index (χ3v) is 4.12. The highest BCUT2D eigenvalue weighted by atomic mass is 16.5. The fraction of sp³-hybridized carbons (Fsp3) is 0.588. The molecule has 0 saturated carbocycles. The van der Waals surface area contributed by atoms with Gasteiger partial charge >= 0.3 is 5.97 Å². The van der Waals surface area contributed by atoms with Crippen molar-refractivity contribution in [2.45, 2.75) is 32.7 Å². The minimum absolute atomic E-state index is 0.113. The van der Waals surface area contributed by atoms with E-state index in [2.05, 4.69) is 4.90 Å². The molecular formula is C17H25NO4. The van der Waals surface area contributed by atoms with Crippen LogP contribution in [0.3, 0.4) is 0 Å². The Kier molecular flexibility index (Phi) is 6.07. The molecule has 0 bridgehead atoms. The molecule has 0 spiro atoms. The van der Waals surface area contributed by atoms with Crippen molar-refractivity contribution >= 4 is 5.97 Å². The molecule has 0 amide bonds. The molecule has 0 radical (unpaired) electrons. The maximum absolute atomic E-state index is 11.3. The van der Waals surface area contributed by atoms with Gasteiger partial charge in [0.25, 0.3) is 0 Å². The average Bonchev–Trinajstić information content (AvgIpc) is 2.52. The van der Waals surface area contributed by atoms with Crippen molar-refractivity contribution < 1.29 is 19.4 Å². The van der Waals surface area contributed by atoms with Crippen molar-refractivity contribution in [2.24, 2.45) is 5.92 Å². The van der Waals surface area contributed by atoms with Crippen molar-refractivity contribution in [1.82, 2.24) is 4.90 Å². The molecule has 122 valence electrons. The predicted molar refractivity (Wildman–Crippen MR) is 83.9 cm³/mol. The van der Waals surface area contributed by atoms with Crippen LogP contribution in [-0.4, -0.2) is 42.8 Å². The summed E-state index contributed by atoms with van der Waals surface area (Å²) in [5.41, 5.74) is 1.13. The van der Waals surface area contributed by atoms with E-state index < -0.39 is 0 Å². The first-order valence-electron chi connectivity index (χ1n) is 7.86. The molecule has 1 N–H and O–H groups in total. The number of carbonyl (C=O) groups excluding carboxylic acids is 1. The van der Waals surface area contributed by atoms with E-state index in [0.29, 0.717) is 24.7 Å². The lowest BCUT2D eigenvalue weighted by Gasteiger charge is -2.31. The Morgan fingerprint density at radius 2 is 2.09 bits per heavy atom. The zero-order valence-corrected chi connectivity index (χ0v) is 13.4. The fourth-order valence-corrected chi connectivity index (χ4v) is 2.85. The van der Waals surface area contributed by atoms with Gasteiger partial charge in [-0.05, 0) is 56.5 Å². The Bertz CT molecular complexity index is 495. The molecular weight excluding hydrogens is 282 g/mol. The van der Waals surface area contributed by atoms with Crippen molar-refractivity contribution in [3.63, 3.8) is 0 Å². The van der Waals surface area contributed by atoms with E-state index in [-0.39, 0.29) is 11.7 Å². The van der Waals surface area contributed by atoms with Gasteiger partial charge in [-0.15, -0.1) is 0 Å². The van der Waals surface area contributed by atoms with Gasteiger partial charge in [0.2, 0.25) is 0 Å². The number of aromatic hydroxyl groups is 1. The SMILES string of the molecule is CCOc1cc(CN2CCC(CC(=O)OC)CC2)ccc1O. The maximum Gasteiger partial charge on any atom is 0.305 e. The highest BCUT2D eigenvalue weighted by Crippen LogP contribution is 2.28. The quantitative estimate of drug-likeness (QED) is 0.819. The van der Waals surface area contributed by atoms with Crippen LogP contribution in [0.2, 0.25) is 0 Å². The number of piperidine rings is 1. The van der Waals surface area contributed by atoms with Gasteiger partial charge < -0.3 is 14.6 Å². The number of ether oxygens (including phenoxy) is 2. The normalized spacial score (nSPS) is 16.5. The van der Waals surface area contributed by atoms with Gasteiger partial charge in [-0.1, -0.05) is 6.07 Å². The number of hydrogen-bond donors (Lipinski definition) is 1. The molecule has 0 atom stereocenters. The van der Waals surface area contributed by atoms with E-state index in [9.17, 15) is 9.90 Å². The number of benzene rings is 1. The number of carbonyl (C=O) groups is 1. The van der Waals surface area contributed by atoms with Gasteiger partial charge in [-0.3, -0.25) is 9.69 Å². The maximum atomic E-state index is 11.3. The van der Waals surface area contributed by atoms with Crippen LogP contribution in [0.1, 0.15) is 31.7 Å². The Labute approximate surface area is 131 Å². The average molecular weight is 307 g/mol. The first kappa shape index (κ1) is 16.6. The molecule has 1 heterocycles. The lowest BCUT2D eigenvalue weighted by atomic mass is 9.93. The summed E-state index contributed by atoms with van der Waals surface area (Å²) in [4.78, 5) is 13.7. The first-order chi connectivity index (χ1) is 10.6. The second-order valence-electron chi connectivity index (χ2n) is 5.73. The minimum Gasteiger partial charge on any atom is -0.504 e. The number of nitrogens with zero attached hydrogens (tertiary/aromatic N) is 1. The number of rotatable bonds is 6. The Hall–Kier alpha value is -1.75. The summed E-state index contributed by atoms with van der Waals surface area (Å²) in [6.07, 6.45) is 2.56.